The Labute approximate surface area is 88.9 Å². The highest BCUT2D eigenvalue weighted by Crippen LogP contribution is 2.29. The van der Waals surface area contributed by atoms with Crippen LogP contribution in [0.2, 0.25) is 0 Å². The molecule has 0 aliphatic carbocycles. The van der Waals surface area contributed by atoms with Crippen molar-refractivity contribution in [2.75, 3.05) is 5.32 Å². The molecule has 0 saturated heterocycles. The van der Waals surface area contributed by atoms with E-state index >= 15 is 0 Å². The number of aliphatic carboxylic acids is 1. The van der Waals surface area contributed by atoms with Crippen LogP contribution in [0.1, 0.15) is 5.56 Å². The Hall–Kier alpha value is -1.98. The van der Waals surface area contributed by atoms with E-state index in [0.717, 1.165) is 6.07 Å². The van der Waals surface area contributed by atoms with Gasteiger partial charge in [-0.05, 0) is 18.1 Å². The van der Waals surface area contributed by atoms with Crippen LogP contribution in [0.15, 0.2) is 12.1 Å². The third kappa shape index (κ3) is 1.62. The van der Waals surface area contributed by atoms with Gasteiger partial charge in [-0.2, -0.15) is 0 Å². The van der Waals surface area contributed by atoms with Crippen LogP contribution in [0.25, 0.3) is 0 Å². The lowest BCUT2D eigenvalue weighted by atomic mass is 9.93. The van der Waals surface area contributed by atoms with Crippen LogP contribution in [0.3, 0.4) is 0 Å². The summed E-state index contributed by atoms with van der Waals surface area (Å²) < 4.78 is 26.1. The van der Waals surface area contributed by atoms with Gasteiger partial charge in [0.2, 0.25) is 5.91 Å². The molecule has 1 amide bonds. The van der Waals surface area contributed by atoms with Crippen molar-refractivity contribution >= 4 is 17.6 Å². The average molecular weight is 227 g/mol. The number of fused-ring (bicyclic) bond motifs is 1. The molecule has 1 atom stereocenters. The number of benzene rings is 1. The largest absolute Gasteiger partial charge is 0.481 e. The van der Waals surface area contributed by atoms with E-state index in [2.05, 4.69) is 5.32 Å². The highest BCUT2D eigenvalue weighted by Gasteiger charge is 2.33. The number of rotatable bonds is 1. The van der Waals surface area contributed by atoms with E-state index in [-0.39, 0.29) is 17.7 Å². The molecule has 0 aromatic heterocycles. The Morgan fingerprint density at radius 3 is 2.75 bits per heavy atom. The molecular formula is C10H7F2NO3. The fourth-order valence-corrected chi connectivity index (χ4v) is 1.65. The van der Waals surface area contributed by atoms with E-state index in [1.807, 2.05) is 0 Å². The second kappa shape index (κ2) is 3.55. The first-order valence-electron chi connectivity index (χ1n) is 4.50. The van der Waals surface area contributed by atoms with E-state index in [9.17, 15) is 18.4 Å². The van der Waals surface area contributed by atoms with E-state index in [0.29, 0.717) is 6.07 Å². The number of nitrogens with one attached hydrogen (secondary N) is 1. The molecule has 2 N–H and O–H groups in total. The summed E-state index contributed by atoms with van der Waals surface area (Å²) in [7, 11) is 0. The van der Waals surface area contributed by atoms with Gasteiger partial charge in [0.1, 0.15) is 17.6 Å². The van der Waals surface area contributed by atoms with Crippen LogP contribution >= 0.6 is 0 Å². The maximum Gasteiger partial charge on any atom is 0.316 e. The van der Waals surface area contributed by atoms with Crippen molar-refractivity contribution < 1.29 is 23.5 Å². The molecule has 0 fully saturated rings. The van der Waals surface area contributed by atoms with Gasteiger partial charge in [-0.15, -0.1) is 0 Å². The second-order valence-electron chi connectivity index (χ2n) is 3.51. The van der Waals surface area contributed by atoms with Gasteiger partial charge in [0.05, 0.1) is 5.69 Å². The molecule has 1 heterocycles. The van der Waals surface area contributed by atoms with Crippen LogP contribution in [-0.4, -0.2) is 17.0 Å². The lowest BCUT2D eigenvalue weighted by Gasteiger charge is -2.22. The third-order valence-electron chi connectivity index (χ3n) is 2.42. The van der Waals surface area contributed by atoms with E-state index < -0.39 is 29.4 Å². The van der Waals surface area contributed by atoms with E-state index in [1.165, 1.54) is 0 Å². The Balaban J connectivity index is 2.47. The molecule has 1 unspecified atom stereocenters. The number of halogens is 2. The molecule has 1 aliphatic heterocycles. The minimum Gasteiger partial charge on any atom is -0.481 e. The minimum absolute atomic E-state index is 0.135. The summed E-state index contributed by atoms with van der Waals surface area (Å²) in [5, 5.41) is 10.8. The Bertz CT molecular complexity index is 487. The van der Waals surface area contributed by atoms with Crippen molar-refractivity contribution in [2.45, 2.75) is 6.42 Å². The van der Waals surface area contributed by atoms with E-state index in [1.54, 1.807) is 0 Å². The first kappa shape index (κ1) is 10.5. The maximum absolute atomic E-state index is 13.2. The number of carbonyl (C=O) groups excluding carboxylic acids is 1. The molecule has 6 heteroatoms. The fraction of sp³-hybridized carbons (Fsp3) is 0.200. The topological polar surface area (TPSA) is 66.4 Å². The van der Waals surface area contributed by atoms with Crippen LogP contribution < -0.4 is 5.32 Å². The highest BCUT2D eigenvalue weighted by molar-refractivity contribution is 6.06. The zero-order valence-corrected chi connectivity index (χ0v) is 7.96. The monoisotopic (exact) mass is 227 g/mol. The third-order valence-corrected chi connectivity index (χ3v) is 2.42. The van der Waals surface area contributed by atoms with Gasteiger partial charge in [-0.1, -0.05) is 0 Å². The predicted octanol–water partition coefficient (Wildman–Crippen LogP) is 1.16. The molecule has 0 radical (unpaired) electrons. The van der Waals surface area contributed by atoms with Crippen LogP contribution in [-0.2, 0) is 16.0 Å². The number of carbonyl (C=O) groups is 2. The zero-order chi connectivity index (χ0) is 11.9. The number of carboxylic acid groups (broad SMARTS) is 1. The van der Waals surface area contributed by atoms with Crippen LogP contribution in [0, 0.1) is 17.6 Å². The summed E-state index contributed by atoms with van der Waals surface area (Å²) in [6.45, 7) is 0. The summed E-state index contributed by atoms with van der Waals surface area (Å²) >= 11 is 0. The van der Waals surface area contributed by atoms with Gasteiger partial charge in [-0.25, -0.2) is 8.78 Å². The SMILES string of the molecule is O=C(O)C1Cc2cc(F)cc(F)c2NC1=O. The van der Waals surface area contributed by atoms with Gasteiger partial charge < -0.3 is 10.4 Å². The number of anilines is 1. The molecule has 84 valence electrons. The molecule has 1 aromatic carbocycles. The number of hydrogen-bond acceptors (Lipinski definition) is 2. The van der Waals surface area contributed by atoms with Crippen molar-refractivity contribution in [3.8, 4) is 0 Å². The van der Waals surface area contributed by atoms with Crippen molar-refractivity contribution in [3.05, 3.63) is 29.3 Å². The van der Waals surface area contributed by atoms with Crippen molar-refractivity contribution in [3.63, 3.8) is 0 Å². The molecule has 2 rings (SSSR count). The zero-order valence-electron chi connectivity index (χ0n) is 7.96. The first-order chi connectivity index (χ1) is 7.49. The van der Waals surface area contributed by atoms with Gasteiger partial charge in [0, 0.05) is 6.07 Å². The quantitative estimate of drug-likeness (QED) is 0.707. The van der Waals surface area contributed by atoms with Crippen molar-refractivity contribution in [1.82, 2.24) is 0 Å². The normalized spacial score (nSPS) is 18.9. The minimum atomic E-state index is -1.31. The molecule has 1 aliphatic rings. The molecule has 0 spiro atoms. The van der Waals surface area contributed by atoms with Crippen molar-refractivity contribution in [1.29, 1.82) is 0 Å². The Morgan fingerprint density at radius 1 is 1.44 bits per heavy atom. The van der Waals surface area contributed by atoms with E-state index in [4.69, 9.17) is 5.11 Å². The maximum atomic E-state index is 13.2. The molecule has 0 bridgehead atoms. The molecule has 1 aromatic rings. The van der Waals surface area contributed by atoms with Gasteiger partial charge in [-0.3, -0.25) is 9.59 Å². The first-order valence-corrected chi connectivity index (χ1v) is 4.50. The summed E-state index contributed by atoms with van der Waals surface area (Å²) in [5.41, 5.74) is 0.0217. The lowest BCUT2D eigenvalue weighted by Crippen LogP contribution is -2.35. The molecule has 16 heavy (non-hydrogen) atoms. The Morgan fingerprint density at radius 2 is 2.12 bits per heavy atom. The second-order valence-corrected chi connectivity index (χ2v) is 3.51. The lowest BCUT2D eigenvalue weighted by molar-refractivity contribution is -0.145. The van der Waals surface area contributed by atoms with Crippen LogP contribution in [0.5, 0.6) is 0 Å². The van der Waals surface area contributed by atoms with Gasteiger partial charge in [0.25, 0.3) is 0 Å². The average Bonchev–Trinajstić information content (AvgIpc) is 2.18. The number of carboxylic acids is 1. The van der Waals surface area contributed by atoms with Gasteiger partial charge in [0.15, 0.2) is 0 Å². The summed E-state index contributed by atoms with van der Waals surface area (Å²) in [6.07, 6.45) is -0.203. The standard InChI is InChI=1S/C10H7F2NO3/c11-5-1-4-2-6(10(15)16)9(14)13-8(4)7(12)3-5/h1,3,6H,2H2,(H,13,14)(H,15,16). The summed E-state index contributed by atoms with van der Waals surface area (Å²) in [6, 6.07) is 1.66. The predicted molar refractivity (Wildman–Crippen MR) is 49.8 cm³/mol. The van der Waals surface area contributed by atoms with Gasteiger partial charge >= 0.3 is 5.97 Å². The van der Waals surface area contributed by atoms with Crippen LogP contribution in [0.4, 0.5) is 14.5 Å². The molecule has 4 nitrogen and oxygen atoms in total. The fourth-order valence-electron chi connectivity index (χ4n) is 1.65. The number of hydrogen-bond donors (Lipinski definition) is 2. The highest BCUT2D eigenvalue weighted by atomic mass is 19.1. The summed E-state index contributed by atoms with van der Waals surface area (Å²) in [4.78, 5) is 22.0. The Kier molecular flexibility index (Phi) is 2.34. The molecule has 0 saturated carbocycles. The summed E-state index contributed by atoms with van der Waals surface area (Å²) in [5.74, 6) is -5.09. The molecular weight excluding hydrogens is 220 g/mol. The van der Waals surface area contributed by atoms with Crippen molar-refractivity contribution in [2.24, 2.45) is 5.92 Å². The number of amides is 1. The smallest absolute Gasteiger partial charge is 0.316 e.